The molecule has 0 heterocycles. The Morgan fingerprint density at radius 3 is 2.45 bits per heavy atom. The fourth-order valence-corrected chi connectivity index (χ4v) is 1.97. The smallest absolute Gasteiger partial charge is 0.488 e. The highest BCUT2D eigenvalue weighted by molar-refractivity contribution is 6.58. The molecule has 0 aliphatic heterocycles. The number of benzene rings is 1. The Labute approximate surface area is 118 Å². The molecule has 112 valence electrons. The van der Waals surface area contributed by atoms with Crippen molar-refractivity contribution in [3.05, 3.63) is 23.8 Å². The average Bonchev–Trinajstić information content (AvgIpc) is 2.40. The molecule has 0 radical (unpaired) electrons. The highest BCUT2D eigenvalue weighted by Crippen LogP contribution is 2.21. The Morgan fingerprint density at radius 1 is 1.15 bits per heavy atom. The summed E-state index contributed by atoms with van der Waals surface area (Å²) < 4.78 is 32.6. The minimum absolute atomic E-state index is 0.199. The first-order chi connectivity index (χ1) is 9.47. The number of unbranched alkanes of at least 4 members (excludes halogenated alkanes) is 3. The first-order valence-corrected chi connectivity index (χ1v) is 6.98. The molecule has 1 rings (SSSR count). The van der Waals surface area contributed by atoms with Crippen molar-refractivity contribution in [1.82, 2.24) is 0 Å². The number of hydrogen-bond acceptors (Lipinski definition) is 3. The van der Waals surface area contributed by atoms with Crippen LogP contribution in [-0.4, -0.2) is 23.3 Å². The number of rotatable bonds is 8. The van der Waals surface area contributed by atoms with Crippen LogP contribution in [0, 0.1) is 11.6 Å². The van der Waals surface area contributed by atoms with Gasteiger partial charge in [-0.15, -0.1) is 0 Å². The van der Waals surface area contributed by atoms with E-state index in [0.29, 0.717) is 0 Å². The quantitative estimate of drug-likeness (QED) is 0.570. The minimum Gasteiger partial charge on any atom is -0.488 e. The second kappa shape index (κ2) is 8.22. The van der Waals surface area contributed by atoms with Crippen LogP contribution in [0.15, 0.2) is 12.1 Å². The lowest BCUT2D eigenvalue weighted by Gasteiger charge is -2.16. The van der Waals surface area contributed by atoms with Crippen LogP contribution in [0.1, 0.15) is 46.0 Å². The Balaban J connectivity index is 2.62. The zero-order chi connectivity index (χ0) is 15.1. The van der Waals surface area contributed by atoms with Gasteiger partial charge in [0.05, 0.1) is 6.10 Å². The molecule has 0 aliphatic carbocycles. The fraction of sp³-hybridized carbons (Fsp3) is 0.571. The predicted octanol–water partition coefficient (Wildman–Crippen LogP) is 2.38. The molecule has 6 heteroatoms. The molecule has 2 N–H and O–H groups in total. The van der Waals surface area contributed by atoms with Crippen LogP contribution in [0.4, 0.5) is 8.78 Å². The largest absolute Gasteiger partial charge is 0.491 e. The maximum Gasteiger partial charge on any atom is 0.491 e. The van der Waals surface area contributed by atoms with Crippen molar-refractivity contribution in [2.75, 3.05) is 0 Å². The van der Waals surface area contributed by atoms with E-state index in [0.717, 1.165) is 38.2 Å². The lowest BCUT2D eigenvalue weighted by molar-refractivity contribution is 0.195. The van der Waals surface area contributed by atoms with Gasteiger partial charge in [-0.3, -0.25) is 0 Å². The third-order valence-corrected chi connectivity index (χ3v) is 3.15. The monoisotopic (exact) mass is 286 g/mol. The van der Waals surface area contributed by atoms with Gasteiger partial charge in [-0.05, 0) is 25.8 Å². The highest BCUT2D eigenvalue weighted by atomic mass is 19.2. The van der Waals surface area contributed by atoms with E-state index in [1.807, 2.05) is 0 Å². The van der Waals surface area contributed by atoms with Gasteiger partial charge in [-0.1, -0.05) is 32.3 Å². The Hall–Kier alpha value is -1.14. The fourth-order valence-electron chi connectivity index (χ4n) is 1.97. The molecule has 0 unspecified atom stereocenters. The van der Waals surface area contributed by atoms with E-state index in [1.54, 1.807) is 6.92 Å². The van der Waals surface area contributed by atoms with Gasteiger partial charge in [-0.25, -0.2) is 4.39 Å². The topological polar surface area (TPSA) is 49.7 Å². The molecule has 1 atom stereocenters. The van der Waals surface area contributed by atoms with Gasteiger partial charge >= 0.3 is 7.12 Å². The minimum atomic E-state index is -2.04. The summed E-state index contributed by atoms with van der Waals surface area (Å²) in [4.78, 5) is 0. The summed E-state index contributed by atoms with van der Waals surface area (Å²) in [6, 6.07) is 2.33. The second-order valence-electron chi connectivity index (χ2n) is 4.93. The zero-order valence-corrected chi connectivity index (χ0v) is 11.9. The van der Waals surface area contributed by atoms with Crippen molar-refractivity contribution < 1.29 is 23.6 Å². The third kappa shape index (κ3) is 4.76. The number of hydrogen-bond donors (Lipinski definition) is 2. The van der Waals surface area contributed by atoms with Crippen LogP contribution < -0.4 is 10.2 Å². The molecule has 1 aromatic rings. The second-order valence-corrected chi connectivity index (χ2v) is 4.93. The van der Waals surface area contributed by atoms with Crippen LogP contribution >= 0.6 is 0 Å². The van der Waals surface area contributed by atoms with Gasteiger partial charge < -0.3 is 14.8 Å². The van der Waals surface area contributed by atoms with Gasteiger partial charge in [0.15, 0.2) is 17.4 Å². The molecule has 1 aromatic carbocycles. The molecule has 3 nitrogen and oxygen atoms in total. The van der Waals surface area contributed by atoms with Crippen molar-refractivity contribution in [1.29, 1.82) is 0 Å². The van der Waals surface area contributed by atoms with Crippen LogP contribution in [0.3, 0.4) is 0 Å². The van der Waals surface area contributed by atoms with Gasteiger partial charge in [-0.2, -0.15) is 4.39 Å². The molecule has 0 aromatic heterocycles. The van der Waals surface area contributed by atoms with E-state index in [9.17, 15) is 8.78 Å². The van der Waals surface area contributed by atoms with Crippen LogP contribution in [-0.2, 0) is 0 Å². The van der Waals surface area contributed by atoms with E-state index >= 15 is 0 Å². The summed E-state index contributed by atoms with van der Waals surface area (Å²) in [7, 11) is -2.04. The summed E-state index contributed by atoms with van der Waals surface area (Å²) >= 11 is 0. The highest BCUT2D eigenvalue weighted by Gasteiger charge is 2.22. The van der Waals surface area contributed by atoms with E-state index in [-0.39, 0.29) is 11.9 Å². The van der Waals surface area contributed by atoms with Gasteiger partial charge in [0, 0.05) is 5.46 Å². The molecule has 0 amide bonds. The van der Waals surface area contributed by atoms with E-state index < -0.39 is 24.2 Å². The average molecular weight is 286 g/mol. The summed E-state index contributed by atoms with van der Waals surface area (Å²) in [5, 5.41) is 17.8. The summed E-state index contributed by atoms with van der Waals surface area (Å²) in [6.45, 7) is 3.92. The summed E-state index contributed by atoms with van der Waals surface area (Å²) in [6.07, 6.45) is 4.92. The zero-order valence-electron chi connectivity index (χ0n) is 11.9. The van der Waals surface area contributed by atoms with Crippen LogP contribution in [0.2, 0.25) is 0 Å². The Morgan fingerprint density at radius 2 is 1.85 bits per heavy atom. The molecular formula is C14H21BF2O3. The number of ether oxygens (including phenoxy) is 1. The van der Waals surface area contributed by atoms with Crippen LogP contribution in [0.5, 0.6) is 5.75 Å². The summed E-state index contributed by atoms with van der Waals surface area (Å²) in [5.74, 6) is -2.67. The lowest BCUT2D eigenvalue weighted by Crippen LogP contribution is -2.33. The molecule has 0 saturated carbocycles. The first-order valence-electron chi connectivity index (χ1n) is 6.98. The molecule has 20 heavy (non-hydrogen) atoms. The van der Waals surface area contributed by atoms with Crippen molar-refractivity contribution in [2.45, 2.75) is 52.1 Å². The van der Waals surface area contributed by atoms with E-state index in [1.165, 1.54) is 6.07 Å². The lowest BCUT2D eigenvalue weighted by atomic mass is 9.80. The van der Waals surface area contributed by atoms with Gasteiger partial charge in [0.2, 0.25) is 0 Å². The van der Waals surface area contributed by atoms with Crippen molar-refractivity contribution >= 4 is 12.6 Å². The normalized spacial score (nSPS) is 12.3. The molecule has 0 bridgehead atoms. The van der Waals surface area contributed by atoms with Crippen LogP contribution in [0.25, 0.3) is 0 Å². The van der Waals surface area contributed by atoms with Crippen molar-refractivity contribution in [2.24, 2.45) is 0 Å². The van der Waals surface area contributed by atoms with Crippen molar-refractivity contribution in [3.8, 4) is 5.75 Å². The number of halogens is 2. The molecule has 0 spiro atoms. The molecule has 0 aliphatic rings. The molecule has 0 fully saturated rings. The van der Waals surface area contributed by atoms with E-state index in [4.69, 9.17) is 14.8 Å². The van der Waals surface area contributed by atoms with Crippen molar-refractivity contribution in [3.63, 3.8) is 0 Å². The van der Waals surface area contributed by atoms with Gasteiger partial charge in [0.25, 0.3) is 0 Å². The van der Waals surface area contributed by atoms with Gasteiger partial charge in [0.1, 0.15) is 0 Å². The SMILES string of the molecule is CCCCCC[C@H](C)Oc1ccc(B(O)O)c(F)c1F. The van der Waals surface area contributed by atoms with E-state index in [2.05, 4.69) is 6.92 Å². The first kappa shape index (κ1) is 16.9. The molecular weight excluding hydrogens is 265 g/mol. The Kier molecular flexibility index (Phi) is 6.95. The standard InChI is InChI=1S/C14H21BF2O3/c1-3-4-5-6-7-10(2)20-12-9-8-11(15(18)19)13(16)14(12)17/h8-10,18-19H,3-7H2,1-2H3/t10-/m0/s1. The third-order valence-electron chi connectivity index (χ3n) is 3.15. The summed E-state index contributed by atoms with van der Waals surface area (Å²) in [5.41, 5.74) is -0.495. The maximum atomic E-state index is 13.7. The maximum absolute atomic E-state index is 13.7. The molecule has 0 saturated heterocycles. The Bertz CT molecular complexity index is 427. The predicted molar refractivity (Wildman–Crippen MR) is 75.0 cm³/mol.